The van der Waals surface area contributed by atoms with Gasteiger partial charge in [0.25, 0.3) is 5.56 Å². The standard InChI is InChI=1S/C26H29N3O4.2ClH/c1-6-7-22-19-14-24(33-5)23(32-4)13-18(19)20(26(30)29-22)12-16-10-15-11-17(31-3)8-9-21(15)28-25(16)27-2;;/h8-11,13-14H,6-7,12H2,1-5H3,(H,27,28)(H,29,30);2*1H. The number of nitrogens with one attached hydrogen (secondary N) is 2. The predicted octanol–water partition coefficient (Wildman–Crippen LogP) is 5.53. The number of halogens is 2. The van der Waals surface area contributed by atoms with Gasteiger partial charge in [-0.25, -0.2) is 4.98 Å². The van der Waals surface area contributed by atoms with Gasteiger partial charge in [0.1, 0.15) is 11.6 Å². The molecule has 0 atom stereocenters. The molecular formula is C26H31Cl2N3O4. The number of aryl methyl sites for hydroxylation is 1. The summed E-state index contributed by atoms with van der Waals surface area (Å²) in [5.41, 5.74) is 3.23. The summed E-state index contributed by atoms with van der Waals surface area (Å²) in [4.78, 5) is 21.1. The molecule has 4 rings (SSSR count). The number of ether oxygens (including phenoxy) is 3. The first-order chi connectivity index (χ1) is 16.0. The van der Waals surface area contributed by atoms with Gasteiger partial charge in [0, 0.05) is 35.5 Å². The zero-order chi connectivity index (χ0) is 23.5. The lowest BCUT2D eigenvalue weighted by Gasteiger charge is -2.16. The number of anilines is 1. The highest BCUT2D eigenvalue weighted by molar-refractivity contribution is 5.91. The molecule has 0 fully saturated rings. The Balaban J connectivity index is 0.00000216. The molecule has 0 saturated carbocycles. The Labute approximate surface area is 217 Å². The minimum atomic E-state index is -0.106. The number of pyridine rings is 2. The highest BCUT2D eigenvalue weighted by Gasteiger charge is 2.18. The third-order valence-electron chi connectivity index (χ3n) is 5.92. The molecular weight excluding hydrogens is 489 g/mol. The maximum absolute atomic E-state index is 13.3. The van der Waals surface area contributed by atoms with E-state index in [1.807, 2.05) is 37.4 Å². The fraction of sp³-hybridized carbons (Fsp3) is 0.308. The number of aromatic nitrogens is 2. The van der Waals surface area contributed by atoms with Gasteiger partial charge in [-0.1, -0.05) is 13.3 Å². The van der Waals surface area contributed by atoms with Crippen LogP contribution in [0.1, 0.15) is 30.2 Å². The lowest BCUT2D eigenvalue weighted by atomic mass is 9.96. The zero-order valence-corrected chi connectivity index (χ0v) is 22.1. The van der Waals surface area contributed by atoms with E-state index in [0.717, 1.165) is 57.3 Å². The molecule has 0 spiro atoms. The van der Waals surface area contributed by atoms with Crippen molar-refractivity contribution >= 4 is 52.3 Å². The second-order valence-corrected chi connectivity index (χ2v) is 7.90. The van der Waals surface area contributed by atoms with Crippen LogP contribution in [0.4, 0.5) is 5.82 Å². The van der Waals surface area contributed by atoms with Crippen LogP contribution in [-0.2, 0) is 12.8 Å². The zero-order valence-electron chi connectivity index (χ0n) is 20.5. The van der Waals surface area contributed by atoms with Gasteiger partial charge in [-0.15, -0.1) is 24.8 Å². The Morgan fingerprint density at radius 1 is 0.943 bits per heavy atom. The Hall–Kier alpha value is -3.16. The molecule has 2 heterocycles. The summed E-state index contributed by atoms with van der Waals surface area (Å²) in [7, 11) is 6.69. The number of aromatic amines is 1. The van der Waals surface area contributed by atoms with Crippen molar-refractivity contribution in [2.24, 2.45) is 0 Å². The molecule has 2 N–H and O–H groups in total. The molecule has 0 radical (unpaired) electrons. The number of methoxy groups -OCH3 is 3. The fourth-order valence-electron chi connectivity index (χ4n) is 4.27. The molecule has 0 aliphatic heterocycles. The second kappa shape index (κ2) is 12.0. The van der Waals surface area contributed by atoms with Gasteiger partial charge in [-0.05, 0) is 53.8 Å². The van der Waals surface area contributed by atoms with E-state index >= 15 is 0 Å². The molecule has 35 heavy (non-hydrogen) atoms. The van der Waals surface area contributed by atoms with Gasteiger partial charge in [-0.2, -0.15) is 0 Å². The number of benzene rings is 2. The minimum Gasteiger partial charge on any atom is -0.497 e. The van der Waals surface area contributed by atoms with Crippen LogP contribution >= 0.6 is 24.8 Å². The average molecular weight is 520 g/mol. The quantitative estimate of drug-likeness (QED) is 0.318. The molecule has 4 aromatic rings. The molecule has 0 unspecified atom stereocenters. The van der Waals surface area contributed by atoms with E-state index in [1.54, 1.807) is 21.3 Å². The van der Waals surface area contributed by atoms with Gasteiger partial charge < -0.3 is 24.5 Å². The average Bonchev–Trinajstić information content (AvgIpc) is 2.84. The highest BCUT2D eigenvalue weighted by atomic mass is 35.5. The largest absolute Gasteiger partial charge is 0.497 e. The molecule has 0 amide bonds. The predicted molar refractivity (Wildman–Crippen MR) is 147 cm³/mol. The van der Waals surface area contributed by atoms with Gasteiger partial charge in [0.05, 0.1) is 26.8 Å². The van der Waals surface area contributed by atoms with Gasteiger partial charge >= 0.3 is 0 Å². The van der Waals surface area contributed by atoms with Crippen LogP contribution in [0.5, 0.6) is 17.2 Å². The molecule has 7 nitrogen and oxygen atoms in total. The minimum absolute atomic E-state index is 0. The van der Waals surface area contributed by atoms with Crippen LogP contribution in [0.25, 0.3) is 21.7 Å². The van der Waals surface area contributed by atoms with E-state index in [-0.39, 0.29) is 30.4 Å². The van der Waals surface area contributed by atoms with Crippen molar-refractivity contribution in [1.82, 2.24) is 9.97 Å². The molecule has 2 aromatic carbocycles. The van der Waals surface area contributed by atoms with Crippen LogP contribution in [0.3, 0.4) is 0 Å². The van der Waals surface area contributed by atoms with Crippen molar-refractivity contribution in [3.8, 4) is 17.2 Å². The van der Waals surface area contributed by atoms with E-state index in [4.69, 9.17) is 19.2 Å². The summed E-state index contributed by atoms with van der Waals surface area (Å²) in [5.74, 6) is 2.72. The van der Waals surface area contributed by atoms with Gasteiger partial charge in [-0.3, -0.25) is 4.79 Å². The maximum Gasteiger partial charge on any atom is 0.252 e. The number of hydrogen-bond acceptors (Lipinski definition) is 6. The number of nitrogens with zero attached hydrogens (tertiary/aromatic N) is 1. The van der Waals surface area contributed by atoms with Crippen molar-refractivity contribution in [3.05, 3.63) is 63.6 Å². The summed E-state index contributed by atoms with van der Waals surface area (Å²) < 4.78 is 16.4. The first-order valence-corrected chi connectivity index (χ1v) is 11.0. The lowest BCUT2D eigenvalue weighted by Crippen LogP contribution is -2.17. The normalized spacial score (nSPS) is 10.4. The van der Waals surface area contributed by atoms with Crippen LogP contribution < -0.4 is 25.1 Å². The van der Waals surface area contributed by atoms with Crippen molar-refractivity contribution in [2.75, 3.05) is 33.7 Å². The topological polar surface area (TPSA) is 85.5 Å². The Kier molecular flexibility index (Phi) is 9.63. The summed E-state index contributed by atoms with van der Waals surface area (Å²) >= 11 is 0. The summed E-state index contributed by atoms with van der Waals surface area (Å²) in [6, 6.07) is 11.7. The lowest BCUT2D eigenvalue weighted by molar-refractivity contribution is 0.356. The summed E-state index contributed by atoms with van der Waals surface area (Å²) in [5, 5.41) is 5.94. The van der Waals surface area contributed by atoms with Crippen LogP contribution in [0.15, 0.2) is 41.2 Å². The summed E-state index contributed by atoms with van der Waals surface area (Å²) in [6.45, 7) is 2.09. The molecule has 2 aromatic heterocycles. The fourth-order valence-corrected chi connectivity index (χ4v) is 4.27. The highest BCUT2D eigenvalue weighted by Crippen LogP contribution is 2.35. The Morgan fingerprint density at radius 3 is 2.23 bits per heavy atom. The first kappa shape index (κ1) is 28.1. The third-order valence-corrected chi connectivity index (χ3v) is 5.92. The summed E-state index contributed by atoms with van der Waals surface area (Å²) in [6.07, 6.45) is 2.09. The van der Waals surface area contributed by atoms with Crippen LogP contribution in [0.2, 0.25) is 0 Å². The number of rotatable bonds is 8. The molecule has 0 aliphatic carbocycles. The number of H-pyrrole nitrogens is 1. The smallest absolute Gasteiger partial charge is 0.252 e. The van der Waals surface area contributed by atoms with Crippen molar-refractivity contribution in [3.63, 3.8) is 0 Å². The molecule has 0 bridgehead atoms. The van der Waals surface area contributed by atoms with Gasteiger partial charge in [0.2, 0.25) is 0 Å². The van der Waals surface area contributed by atoms with E-state index in [2.05, 4.69) is 23.3 Å². The van der Waals surface area contributed by atoms with Crippen molar-refractivity contribution in [1.29, 1.82) is 0 Å². The first-order valence-electron chi connectivity index (χ1n) is 11.0. The Bertz CT molecular complexity index is 1390. The molecule has 188 valence electrons. The van der Waals surface area contributed by atoms with E-state index in [1.165, 1.54) is 0 Å². The molecule has 9 heteroatoms. The molecule has 0 aliphatic rings. The van der Waals surface area contributed by atoms with Crippen LogP contribution in [0, 0.1) is 0 Å². The SMILES string of the molecule is CCCc1[nH]c(=O)c(Cc2cc3cc(OC)ccc3nc2NC)c2cc(OC)c(OC)cc12.Cl.Cl. The van der Waals surface area contributed by atoms with E-state index in [9.17, 15) is 4.79 Å². The Morgan fingerprint density at radius 2 is 1.63 bits per heavy atom. The van der Waals surface area contributed by atoms with Crippen LogP contribution in [-0.4, -0.2) is 38.3 Å². The van der Waals surface area contributed by atoms with Crippen molar-refractivity contribution in [2.45, 2.75) is 26.2 Å². The van der Waals surface area contributed by atoms with E-state index in [0.29, 0.717) is 23.5 Å². The second-order valence-electron chi connectivity index (χ2n) is 7.90. The monoisotopic (exact) mass is 519 g/mol. The van der Waals surface area contributed by atoms with Gasteiger partial charge in [0.15, 0.2) is 11.5 Å². The number of fused-ring (bicyclic) bond motifs is 2. The maximum atomic E-state index is 13.3. The molecule has 0 saturated heterocycles. The number of hydrogen-bond donors (Lipinski definition) is 2. The van der Waals surface area contributed by atoms with Crippen molar-refractivity contribution < 1.29 is 14.2 Å². The third kappa shape index (κ3) is 5.41. The van der Waals surface area contributed by atoms with E-state index < -0.39 is 0 Å².